The molecule has 4 rings (SSSR count). The van der Waals surface area contributed by atoms with Crippen LogP contribution in [0.4, 0.5) is 0 Å². The van der Waals surface area contributed by atoms with Crippen LogP contribution in [0.5, 0.6) is 0 Å². The zero-order chi connectivity index (χ0) is 23.8. The molecule has 0 N–H and O–H groups in total. The number of ether oxygens (including phenoxy) is 1. The normalized spacial score (nSPS) is 41.1. The number of fused-ring (bicyclic) bond motifs is 5. The lowest BCUT2D eigenvalue weighted by Crippen LogP contribution is -2.51. The van der Waals surface area contributed by atoms with Gasteiger partial charge < -0.3 is 4.74 Å². The van der Waals surface area contributed by atoms with Crippen molar-refractivity contribution in [2.24, 2.45) is 46.3 Å². The number of hydrogen-bond acceptors (Lipinski definition) is 2. The minimum absolute atomic E-state index is 0.00772. The molecule has 0 bridgehead atoms. The summed E-state index contributed by atoms with van der Waals surface area (Å²) in [5.41, 5.74) is 2.54. The molecule has 3 fully saturated rings. The van der Waals surface area contributed by atoms with Gasteiger partial charge in [0.15, 0.2) is 0 Å². The number of hydrogen-bond donors (Lipinski definition) is 0. The van der Waals surface area contributed by atoms with Gasteiger partial charge in [0.25, 0.3) is 0 Å². The highest BCUT2D eigenvalue weighted by molar-refractivity contribution is 5.69. The Bertz CT molecular complexity index is 722. The van der Waals surface area contributed by atoms with Crippen molar-refractivity contribution in [3.8, 4) is 0 Å². The topological polar surface area (TPSA) is 26.3 Å². The number of esters is 1. The first-order valence-electron chi connectivity index (χ1n) is 14.6. The highest BCUT2D eigenvalue weighted by atomic mass is 16.5. The quantitative estimate of drug-likeness (QED) is 0.269. The molecule has 0 aromatic heterocycles. The molecule has 8 atom stereocenters. The van der Waals surface area contributed by atoms with E-state index in [2.05, 4.69) is 47.6 Å². The van der Waals surface area contributed by atoms with E-state index < -0.39 is 0 Å². The van der Waals surface area contributed by atoms with Crippen LogP contribution in [0.2, 0.25) is 0 Å². The Kier molecular flexibility index (Phi) is 7.72. The van der Waals surface area contributed by atoms with Crippen LogP contribution >= 0.6 is 0 Å². The Hall–Kier alpha value is -0.790. The van der Waals surface area contributed by atoms with E-state index in [1.54, 1.807) is 5.57 Å². The first-order valence-corrected chi connectivity index (χ1v) is 14.6. The molecule has 4 aliphatic rings. The number of carbonyl (C=O) groups excluding carboxylic acids is 1. The third-order valence-corrected chi connectivity index (χ3v) is 11.0. The molecule has 0 radical (unpaired) electrons. The molecule has 4 aliphatic carbocycles. The summed E-state index contributed by atoms with van der Waals surface area (Å²) in [6.07, 6.45) is 18.8. The van der Waals surface area contributed by atoms with Gasteiger partial charge in [0, 0.05) is 12.8 Å². The summed E-state index contributed by atoms with van der Waals surface area (Å²) in [6.45, 7) is 14.6. The van der Waals surface area contributed by atoms with Crippen molar-refractivity contribution in [3.63, 3.8) is 0 Å². The summed E-state index contributed by atoms with van der Waals surface area (Å²) < 4.78 is 5.85. The number of rotatable bonds is 8. The molecule has 3 saturated carbocycles. The van der Waals surface area contributed by atoms with E-state index in [1.165, 1.54) is 57.8 Å². The molecule has 0 aromatic carbocycles. The third-order valence-electron chi connectivity index (χ3n) is 11.0. The first kappa shape index (κ1) is 25.3. The summed E-state index contributed by atoms with van der Waals surface area (Å²) in [7, 11) is 0. The molecule has 0 aromatic rings. The molecule has 2 nitrogen and oxygen atoms in total. The molecule has 0 aliphatic heterocycles. The molecule has 0 heterocycles. The summed E-state index contributed by atoms with van der Waals surface area (Å²) in [6, 6.07) is 0. The fraction of sp³-hybridized carbons (Fsp3) is 0.903. The lowest BCUT2D eigenvalue weighted by Gasteiger charge is -2.58. The Labute approximate surface area is 204 Å². The summed E-state index contributed by atoms with van der Waals surface area (Å²) in [4.78, 5) is 12.1. The second-order valence-corrected chi connectivity index (χ2v) is 13.4. The Balaban J connectivity index is 1.43. The van der Waals surface area contributed by atoms with Crippen LogP contribution in [0.15, 0.2) is 11.6 Å². The van der Waals surface area contributed by atoms with Gasteiger partial charge in [-0.25, -0.2) is 0 Å². The van der Waals surface area contributed by atoms with Gasteiger partial charge in [-0.05, 0) is 97.7 Å². The summed E-state index contributed by atoms with van der Waals surface area (Å²) in [5, 5.41) is 0. The van der Waals surface area contributed by atoms with Gasteiger partial charge in [-0.2, -0.15) is 0 Å². The predicted octanol–water partition coefficient (Wildman–Crippen LogP) is 8.74. The number of allylic oxidation sites excluding steroid dienone is 1. The largest absolute Gasteiger partial charge is 0.462 e. The molecular weight excluding hydrogens is 404 g/mol. The van der Waals surface area contributed by atoms with Crippen molar-refractivity contribution >= 4 is 5.97 Å². The van der Waals surface area contributed by atoms with E-state index in [1.807, 2.05) is 0 Å². The average molecular weight is 457 g/mol. The van der Waals surface area contributed by atoms with E-state index in [0.717, 1.165) is 54.8 Å². The minimum atomic E-state index is 0.00772. The van der Waals surface area contributed by atoms with E-state index in [0.29, 0.717) is 17.3 Å². The average Bonchev–Trinajstić information content (AvgIpc) is 3.11. The predicted molar refractivity (Wildman–Crippen MR) is 138 cm³/mol. The fourth-order valence-electron chi connectivity index (χ4n) is 9.20. The SMILES string of the molecule is CCCC(=O)O[C@H]1CC[C@@]2(C)C(=CC[C@@H]3[C@H]2CC[C@]2(C)[C@@H]([C@H](C)CCCC(C)C)CC[C@@H]32)C1. The van der Waals surface area contributed by atoms with Crippen molar-refractivity contribution in [3.05, 3.63) is 11.6 Å². The maximum Gasteiger partial charge on any atom is 0.306 e. The van der Waals surface area contributed by atoms with E-state index in [4.69, 9.17) is 4.74 Å². The fourth-order valence-corrected chi connectivity index (χ4v) is 9.20. The van der Waals surface area contributed by atoms with Crippen molar-refractivity contribution in [1.82, 2.24) is 0 Å². The smallest absolute Gasteiger partial charge is 0.306 e. The maximum absolute atomic E-state index is 12.1. The zero-order valence-corrected chi connectivity index (χ0v) is 22.6. The Morgan fingerprint density at radius 3 is 2.58 bits per heavy atom. The summed E-state index contributed by atoms with van der Waals surface area (Å²) >= 11 is 0. The van der Waals surface area contributed by atoms with Crippen LogP contribution < -0.4 is 0 Å². The van der Waals surface area contributed by atoms with Gasteiger partial charge in [0.1, 0.15) is 6.10 Å². The molecule has 2 heteroatoms. The van der Waals surface area contributed by atoms with E-state index in [-0.39, 0.29) is 12.1 Å². The van der Waals surface area contributed by atoms with Crippen LogP contribution in [0.1, 0.15) is 125 Å². The van der Waals surface area contributed by atoms with Gasteiger partial charge >= 0.3 is 5.97 Å². The maximum atomic E-state index is 12.1. The minimum Gasteiger partial charge on any atom is -0.462 e. The lowest BCUT2D eigenvalue weighted by atomic mass is 9.47. The highest BCUT2D eigenvalue weighted by Gasteiger charge is 2.59. The summed E-state index contributed by atoms with van der Waals surface area (Å²) in [5.74, 6) is 5.31. The highest BCUT2D eigenvalue weighted by Crippen LogP contribution is 2.67. The second-order valence-electron chi connectivity index (χ2n) is 13.4. The van der Waals surface area contributed by atoms with Crippen LogP contribution in [-0.4, -0.2) is 12.1 Å². The molecule has 0 saturated heterocycles. The molecular formula is C31H52O2. The van der Waals surface area contributed by atoms with Crippen molar-refractivity contribution in [1.29, 1.82) is 0 Å². The van der Waals surface area contributed by atoms with Gasteiger partial charge in [0.2, 0.25) is 0 Å². The Morgan fingerprint density at radius 2 is 1.85 bits per heavy atom. The van der Waals surface area contributed by atoms with Gasteiger partial charge in [-0.3, -0.25) is 4.79 Å². The van der Waals surface area contributed by atoms with Crippen molar-refractivity contribution in [2.45, 2.75) is 131 Å². The van der Waals surface area contributed by atoms with Crippen molar-refractivity contribution in [2.75, 3.05) is 0 Å². The standard InChI is InChI=1S/C31H52O2/c1-7-9-29(32)33-24-16-18-30(5)23(20-24)12-13-25-27-15-14-26(22(4)11-8-10-21(2)3)31(27,6)19-17-28(25)30/h12,21-22,24-28H,7-11,13-20H2,1-6H3/t22-,24+,25+,26-,27+,28-,30+,31-/m1/s1. The van der Waals surface area contributed by atoms with Crippen LogP contribution in [0.25, 0.3) is 0 Å². The zero-order valence-electron chi connectivity index (χ0n) is 22.6. The molecule has 188 valence electrons. The second kappa shape index (κ2) is 10.1. The lowest BCUT2D eigenvalue weighted by molar-refractivity contribution is -0.151. The van der Waals surface area contributed by atoms with Crippen LogP contribution in [0.3, 0.4) is 0 Å². The van der Waals surface area contributed by atoms with Gasteiger partial charge in [0.05, 0.1) is 0 Å². The Morgan fingerprint density at radius 1 is 1.06 bits per heavy atom. The van der Waals surface area contributed by atoms with Gasteiger partial charge in [-0.1, -0.05) is 72.5 Å². The molecule has 33 heavy (non-hydrogen) atoms. The first-order chi connectivity index (χ1) is 15.7. The third kappa shape index (κ3) is 4.84. The molecule has 0 unspecified atom stereocenters. The van der Waals surface area contributed by atoms with Crippen LogP contribution in [0, 0.1) is 46.3 Å². The number of carbonyl (C=O) groups is 1. The molecule has 0 spiro atoms. The van der Waals surface area contributed by atoms with Crippen molar-refractivity contribution < 1.29 is 9.53 Å². The van der Waals surface area contributed by atoms with E-state index >= 15 is 0 Å². The monoisotopic (exact) mass is 456 g/mol. The van der Waals surface area contributed by atoms with Gasteiger partial charge in [-0.15, -0.1) is 0 Å². The van der Waals surface area contributed by atoms with E-state index in [9.17, 15) is 4.79 Å². The molecule has 0 amide bonds. The van der Waals surface area contributed by atoms with Crippen LogP contribution in [-0.2, 0) is 9.53 Å².